The standard InChI is InChI=1S/C12H25N3O2S/c1-14-4-6-15(7-5-14)10-12(13)11-2-8-18(16,17)9-3-11/h11-12H,2-10,13H2,1H3. The quantitative estimate of drug-likeness (QED) is 0.744. The highest BCUT2D eigenvalue weighted by atomic mass is 32.2. The van der Waals surface area contributed by atoms with Crippen molar-refractivity contribution in [1.82, 2.24) is 9.80 Å². The van der Waals surface area contributed by atoms with Crippen LogP contribution in [0.1, 0.15) is 12.8 Å². The molecule has 1 unspecified atom stereocenters. The summed E-state index contributed by atoms with van der Waals surface area (Å²) in [6, 6.07) is 0.129. The molecule has 6 heteroatoms. The average molecular weight is 275 g/mol. The van der Waals surface area contributed by atoms with E-state index in [1.807, 2.05) is 0 Å². The van der Waals surface area contributed by atoms with E-state index in [1.165, 1.54) is 0 Å². The zero-order chi connectivity index (χ0) is 13.2. The van der Waals surface area contributed by atoms with Gasteiger partial charge in [-0.2, -0.15) is 0 Å². The third-order valence-corrected chi connectivity index (χ3v) is 5.99. The Balaban J connectivity index is 1.76. The lowest BCUT2D eigenvalue weighted by atomic mass is 9.94. The van der Waals surface area contributed by atoms with Crippen LogP contribution in [0.15, 0.2) is 0 Å². The molecule has 18 heavy (non-hydrogen) atoms. The van der Waals surface area contributed by atoms with E-state index in [1.54, 1.807) is 0 Å². The van der Waals surface area contributed by atoms with Gasteiger partial charge in [0.2, 0.25) is 0 Å². The summed E-state index contributed by atoms with van der Waals surface area (Å²) in [5, 5.41) is 0. The first-order valence-electron chi connectivity index (χ1n) is 6.83. The molecule has 0 saturated carbocycles. The van der Waals surface area contributed by atoms with Crippen LogP contribution in [0.25, 0.3) is 0 Å². The minimum atomic E-state index is -2.77. The molecule has 0 bridgehead atoms. The molecule has 5 nitrogen and oxygen atoms in total. The molecule has 2 rings (SSSR count). The lowest BCUT2D eigenvalue weighted by Gasteiger charge is -2.36. The Morgan fingerprint density at radius 2 is 1.72 bits per heavy atom. The Morgan fingerprint density at radius 3 is 2.28 bits per heavy atom. The molecule has 2 fully saturated rings. The van der Waals surface area contributed by atoms with Crippen molar-refractivity contribution in [1.29, 1.82) is 0 Å². The van der Waals surface area contributed by atoms with Crippen LogP contribution in [0.5, 0.6) is 0 Å². The molecule has 0 aromatic rings. The van der Waals surface area contributed by atoms with Crippen LogP contribution in [-0.4, -0.2) is 75.5 Å². The van der Waals surface area contributed by atoms with Gasteiger partial charge >= 0.3 is 0 Å². The van der Waals surface area contributed by atoms with Gasteiger partial charge in [-0.05, 0) is 25.8 Å². The maximum Gasteiger partial charge on any atom is 0.150 e. The molecule has 2 saturated heterocycles. The Hall–Kier alpha value is -0.170. The second kappa shape index (κ2) is 5.86. The summed E-state index contributed by atoms with van der Waals surface area (Å²) in [5.41, 5.74) is 6.25. The minimum Gasteiger partial charge on any atom is -0.326 e. The molecule has 2 heterocycles. The minimum absolute atomic E-state index is 0.129. The summed E-state index contributed by atoms with van der Waals surface area (Å²) in [6.07, 6.45) is 1.49. The van der Waals surface area contributed by atoms with Gasteiger partial charge in [-0.15, -0.1) is 0 Å². The van der Waals surface area contributed by atoms with Crippen LogP contribution in [0, 0.1) is 5.92 Å². The Morgan fingerprint density at radius 1 is 1.17 bits per heavy atom. The van der Waals surface area contributed by atoms with Crippen LogP contribution >= 0.6 is 0 Å². The molecule has 0 aromatic carbocycles. The highest BCUT2D eigenvalue weighted by Gasteiger charge is 2.29. The molecule has 0 amide bonds. The van der Waals surface area contributed by atoms with Crippen molar-refractivity contribution in [3.63, 3.8) is 0 Å². The smallest absolute Gasteiger partial charge is 0.150 e. The lowest BCUT2D eigenvalue weighted by Crippen LogP contribution is -2.51. The van der Waals surface area contributed by atoms with E-state index in [0.29, 0.717) is 17.4 Å². The Labute approximate surface area is 110 Å². The highest BCUT2D eigenvalue weighted by molar-refractivity contribution is 7.91. The Kier molecular flexibility index (Phi) is 4.64. The van der Waals surface area contributed by atoms with Gasteiger partial charge < -0.3 is 10.6 Å². The number of hydrogen-bond donors (Lipinski definition) is 1. The fraction of sp³-hybridized carbons (Fsp3) is 1.00. The molecule has 0 aliphatic carbocycles. The van der Waals surface area contributed by atoms with Crippen molar-refractivity contribution in [2.24, 2.45) is 11.7 Å². The van der Waals surface area contributed by atoms with Crippen LogP contribution in [0.3, 0.4) is 0 Å². The van der Waals surface area contributed by atoms with E-state index in [0.717, 1.165) is 45.6 Å². The van der Waals surface area contributed by atoms with Crippen LogP contribution < -0.4 is 5.73 Å². The first-order valence-corrected chi connectivity index (χ1v) is 8.65. The molecule has 2 aliphatic heterocycles. The molecular formula is C12H25N3O2S. The zero-order valence-electron chi connectivity index (χ0n) is 11.2. The summed E-state index contributed by atoms with van der Waals surface area (Å²) < 4.78 is 22.8. The fourth-order valence-electron chi connectivity index (χ4n) is 2.81. The van der Waals surface area contributed by atoms with E-state index in [4.69, 9.17) is 5.73 Å². The van der Waals surface area contributed by atoms with E-state index >= 15 is 0 Å². The predicted octanol–water partition coefficient (Wildman–Crippen LogP) is -0.614. The van der Waals surface area contributed by atoms with E-state index in [2.05, 4.69) is 16.8 Å². The van der Waals surface area contributed by atoms with Crippen molar-refractivity contribution < 1.29 is 8.42 Å². The van der Waals surface area contributed by atoms with Gasteiger partial charge in [0.25, 0.3) is 0 Å². The van der Waals surface area contributed by atoms with Crippen LogP contribution in [0.2, 0.25) is 0 Å². The van der Waals surface area contributed by atoms with E-state index < -0.39 is 9.84 Å². The van der Waals surface area contributed by atoms with Gasteiger partial charge in [-0.25, -0.2) is 8.42 Å². The normalized spacial score (nSPS) is 29.2. The molecule has 0 radical (unpaired) electrons. The maximum absolute atomic E-state index is 11.4. The number of nitrogens with zero attached hydrogens (tertiary/aromatic N) is 2. The number of sulfone groups is 1. The highest BCUT2D eigenvalue weighted by Crippen LogP contribution is 2.21. The summed E-state index contributed by atoms with van der Waals surface area (Å²) in [7, 11) is -0.623. The summed E-state index contributed by atoms with van der Waals surface area (Å²) in [4.78, 5) is 4.74. The lowest BCUT2D eigenvalue weighted by molar-refractivity contribution is 0.136. The first-order chi connectivity index (χ1) is 8.46. The first kappa shape index (κ1) is 14.2. The summed E-state index contributed by atoms with van der Waals surface area (Å²) >= 11 is 0. The molecule has 2 aliphatic rings. The largest absolute Gasteiger partial charge is 0.326 e. The molecule has 0 aromatic heterocycles. The molecule has 106 valence electrons. The topological polar surface area (TPSA) is 66.6 Å². The van der Waals surface area contributed by atoms with Gasteiger partial charge in [0.15, 0.2) is 0 Å². The van der Waals surface area contributed by atoms with Crippen molar-refractivity contribution in [2.45, 2.75) is 18.9 Å². The molecule has 2 N–H and O–H groups in total. The number of hydrogen-bond acceptors (Lipinski definition) is 5. The summed E-state index contributed by atoms with van der Waals surface area (Å²) in [5.74, 6) is 1.04. The number of likely N-dealkylation sites (N-methyl/N-ethyl adjacent to an activating group) is 1. The third kappa shape index (κ3) is 3.91. The van der Waals surface area contributed by atoms with Gasteiger partial charge in [0.05, 0.1) is 11.5 Å². The van der Waals surface area contributed by atoms with Crippen molar-refractivity contribution >= 4 is 9.84 Å². The second-order valence-corrected chi connectivity index (χ2v) is 8.06. The average Bonchev–Trinajstić information content (AvgIpc) is 2.32. The van der Waals surface area contributed by atoms with Crippen LogP contribution in [0.4, 0.5) is 0 Å². The number of nitrogens with two attached hydrogens (primary N) is 1. The predicted molar refractivity (Wildman–Crippen MR) is 73.3 cm³/mol. The second-order valence-electron chi connectivity index (χ2n) is 5.76. The number of rotatable bonds is 3. The molecule has 0 spiro atoms. The third-order valence-electron chi connectivity index (χ3n) is 4.27. The molecule has 1 atom stereocenters. The van der Waals surface area contributed by atoms with Gasteiger partial charge in [-0.3, -0.25) is 4.90 Å². The number of piperazine rings is 1. The van der Waals surface area contributed by atoms with Crippen LogP contribution in [-0.2, 0) is 9.84 Å². The Bertz CT molecular complexity index is 350. The molecular weight excluding hydrogens is 250 g/mol. The van der Waals surface area contributed by atoms with Crippen molar-refractivity contribution in [3.05, 3.63) is 0 Å². The maximum atomic E-state index is 11.4. The van der Waals surface area contributed by atoms with Gasteiger partial charge in [0, 0.05) is 38.8 Å². The van der Waals surface area contributed by atoms with E-state index in [-0.39, 0.29) is 6.04 Å². The summed E-state index contributed by atoms with van der Waals surface area (Å²) in [6.45, 7) is 5.28. The van der Waals surface area contributed by atoms with Crippen molar-refractivity contribution in [3.8, 4) is 0 Å². The van der Waals surface area contributed by atoms with Crippen molar-refractivity contribution in [2.75, 3.05) is 51.3 Å². The zero-order valence-corrected chi connectivity index (χ0v) is 12.0. The monoisotopic (exact) mass is 275 g/mol. The van der Waals surface area contributed by atoms with E-state index in [9.17, 15) is 8.42 Å². The van der Waals surface area contributed by atoms with Gasteiger partial charge in [0.1, 0.15) is 9.84 Å². The SMILES string of the molecule is CN1CCN(CC(N)C2CCS(=O)(=O)CC2)CC1. The fourth-order valence-corrected chi connectivity index (χ4v) is 4.34. The van der Waals surface area contributed by atoms with Gasteiger partial charge in [-0.1, -0.05) is 0 Å².